The predicted molar refractivity (Wildman–Crippen MR) is 141 cm³/mol. The van der Waals surface area contributed by atoms with Gasteiger partial charge in [-0.1, -0.05) is 40.0 Å². The lowest BCUT2D eigenvalue weighted by Crippen LogP contribution is -2.26. The average molecular weight is 483 g/mol. The number of sulfonamides is 1. The molecule has 0 unspecified atom stereocenters. The first-order valence-electron chi connectivity index (χ1n) is 12.3. The van der Waals surface area contributed by atoms with Gasteiger partial charge in [-0.3, -0.25) is 4.31 Å². The quantitative estimate of drug-likeness (QED) is 0.445. The lowest BCUT2D eigenvalue weighted by Gasteiger charge is -2.26. The molecular weight excluding hydrogens is 444 g/mol. The topological polar surface area (TPSA) is 58.4 Å². The van der Waals surface area contributed by atoms with E-state index in [2.05, 4.69) is 25.3 Å². The Hall–Kier alpha value is -2.54. The number of rotatable bonds is 6. The first-order chi connectivity index (χ1) is 16.0. The minimum Gasteiger partial charge on any atom is -0.378 e. The minimum absolute atomic E-state index is 0.0972. The van der Waals surface area contributed by atoms with Crippen LogP contribution < -0.4 is 9.21 Å². The second-order valence-electron chi connectivity index (χ2n) is 10.8. The van der Waals surface area contributed by atoms with E-state index in [1.54, 1.807) is 19.2 Å². The Balaban J connectivity index is 1.70. The van der Waals surface area contributed by atoms with Crippen molar-refractivity contribution in [3.05, 3.63) is 48.3 Å². The molecule has 0 amide bonds. The molecule has 34 heavy (non-hydrogen) atoms. The number of hydrogen-bond donors (Lipinski definition) is 0. The zero-order chi connectivity index (χ0) is 24.7. The van der Waals surface area contributed by atoms with E-state index in [1.165, 1.54) is 36.4 Å². The first kappa shape index (κ1) is 24.6. The summed E-state index contributed by atoms with van der Waals surface area (Å²) >= 11 is 0. The summed E-state index contributed by atoms with van der Waals surface area (Å²) in [6, 6.07) is 12.8. The van der Waals surface area contributed by atoms with Crippen LogP contribution in [0.3, 0.4) is 0 Å². The van der Waals surface area contributed by atoms with Gasteiger partial charge in [-0.15, -0.1) is 0 Å². The molecule has 1 heterocycles. The van der Waals surface area contributed by atoms with Crippen LogP contribution in [0.2, 0.25) is 0 Å². The molecule has 1 aliphatic rings. The lowest BCUT2D eigenvalue weighted by atomic mass is 9.88. The summed E-state index contributed by atoms with van der Waals surface area (Å²) in [6.07, 6.45) is 6.51. The van der Waals surface area contributed by atoms with Crippen LogP contribution in [-0.2, 0) is 22.0 Å². The van der Waals surface area contributed by atoms with Gasteiger partial charge in [0, 0.05) is 38.8 Å². The highest BCUT2D eigenvalue weighted by Crippen LogP contribution is 2.33. The first-order valence-corrected chi connectivity index (χ1v) is 13.7. The zero-order valence-corrected chi connectivity index (χ0v) is 22.2. The predicted octanol–water partition coefficient (Wildman–Crippen LogP) is 5.81. The summed E-state index contributed by atoms with van der Waals surface area (Å²) in [7, 11) is 1.80. The molecule has 0 aliphatic heterocycles. The van der Waals surface area contributed by atoms with Gasteiger partial charge in [-0.25, -0.2) is 13.4 Å². The maximum atomic E-state index is 13.3. The molecule has 4 rings (SSSR count). The van der Waals surface area contributed by atoms with Gasteiger partial charge in [-0.05, 0) is 61.2 Å². The van der Waals surface area contributed by atoms with Crippen LogP contribution in [-0.4, -0.2) is 39.1 Å². The Kier molecular flexibility index (Phi) is 6.69. The second kappa shape index (κ2) is 9.25. The van der Waals surface area contributed by atoms with E-state index in [1.807, 2.05) is 49.3 Å². The highest BCUT2D eigenvalue weighted by molar-refractivity contribution is 7.92. The summed E-state index contributed by atoms with van der Waals surface area (Å²) < 4.78 is 30.4. The van der Waals surface area contributed by atoms with Gasteiger partial charge in [0.2, 0.25) is 0 Å². The van der Waals surface area contributed by atoms with Crippen molar-refractivity contribution in [2.24, 2.45) is 5.92 Å². The number of aromatic nitrogens is 2. The fraction of sp³-hybridized carbons (Fsp3) is 0.519. The number of fused-ring (bicyclic) bond motifs is 1. The van der Waals surface area contributed by atoms with Crippen LogP contribution in [0.15, 0.2) is 47.4 Å². The SMILES string of the molecule is CN(C)c1ccc(S(=O)(=O)N(C)c2ccc3c(c2)nc(C(C)(C)C)n3CC2CCCCC2)cc1. The molecule has 6 nitrogen and oxygen atoms in total. The van der Waals surface area contributed by atoms with Crippen molar-refractivity contribution in [3.8, 4) is 0 Å². The number of nitrogens with zero attached hydrogens (tertiary/aromatic N) is 4. The summed E-state index contributed by atoms with van der Waals surface area (Å²) in [4.78, 5) is 7.24. The number of anilines is 2. The van der Waals surface area contributed by atoms with Crippen molar-refractivity contribution in [2.75, 3.05) is 30.3 Å². The Morgan fingerprint density at radius 3 is 2.15 bits per heavy atom. The standard InChI is InChI=1S/C27H38N4O2S/c1-27(2,3)26-28-24-18-22(14-17-25(24)31(26)19-20-10-8-7-9-11-20)30(6)34(32,33)23-15-12-21(13-16-23)29(4)5/h12-18,20H,7-11,19H2,1-6H3. The van der Waals surface area contributed by atoms with Gasteiger partial charge in [0.05, 0.1) is 21.6 Å². The molecule has 184 valence electrons. The van der Waals surface area contributed by atoms with Gasteiger partial charge in [0.1, 0.15) is 5.82 Å². The van der Waals surface area contributed by atoms with Crippen LogP contribution in [0.1, 0.15) is 58.7 Å². The third-order valence-corrected chi connectivity index (χ3v) is 8.74. The van der Waals surface area contributed by atoms with E-state index in [4.69, 9.17) is 4.98 Å². The van der Waals surface area contributed by atoms with Crippen molar-refractivity contribution in [3.63, 3.8) is 0 Å². The van der Waals surface area contributed by atoms with Crippen LogP contribution in [0.25, 0.3) is 11.0 Å². The van der Waals surface area contributed by atoms with E-state index in [0.717, 1.165) is 29.1 Å². The van der Waals surface area contributed by atoms with E-state index in [9.17, 15) is 8.42 Å². The van der Waals surface area contributed by atoms with Crippen molar-refractivity contribution in [1.29, 1.82) is 0 Å². The molecule has 0 bridgehead atoms. The molecule has 1 saturated carbocycles. The molecule has 0 saturated heterocycles. The number of hydrogen-bond acceptors (Lipinski definition) is 4. The second-order valence-corrected chi connectivity index (χ2v) is 12.8. The Bertz CT molecular complexity index is 1250. The van der Waals surface area contributed by atoms with E-state index in [0.29, 0.717) is 11.6 Å². The van der Waals surface area contributed by atoms with Crippen LogP contribution in [0, 0.1) is 5.92 Å². The molecule has 0 radical (unpaired) electrons. The molecule has 1 aromatic heterocycles. The fourth-order valence-corrected chi connectivity index (χ4v) is 6.10. The molecular formula is C27H38N4O2S. The van der Waals surface area contributed by atoms with E-state index >= 15 is 0 Å². The largest absolute Gasteiger partial charge is 0.378 e. The van der Waals surface area contributed by atoms with Crippen LogP contribution in [0.5, 0.6) is 0 Å². The summed E-state index contributed by atoms with van der Waals surface area (Å²) in [5.74, 6) is 1.75. The highest BCUT2D eigenvalue weighted by Gasteiger charge is 2.27. The van der Waals surface area contributed by atoms with Crippen LogP contribution in [0.4, 0.5) is 11.4 Å². The van der Waals surface area contributed by atoms with Gasteiger partial charge in [0.25, 0.3) is 10.0 Å². The molecule has 7 heteroatoms. The molecule has 3 aromatic rings. The van der Waals surface area contributed by atoms with Crippen LogP contribution >= 0.6 is 0 Å². The summed E-state index contributed by atoms with van der Waals surface area (Å²) in [6.45, 7) is 7.57. The van der Waals surface area contributed by atoms with Crippen molar-refractivity contribution in [2.45, 2.75) is 69.7 Å². The molecule has 0 N–H and O–H groups in total. The van der Waals surface area contributed by atoms with Gasteiger partial charge in [0.15, 0.2) is 0 Å². The maximum Gasteiger partial charge on any atom is 0.264 e. The smallest absolute Gasteiger partial charge is 0.264 e. The normalized spacial score (nSPS) is 15.6. The number of imidazole rings is 1. The lowest BCUT2D eigenvalue weighted by molar-refractivity contribution is 0.313. The molecule has 0 spiro atoms. The molecule has 1 aliphatic carbocycles. The summed E-state index contributed by atoms with van der Waals surface area (Å²) in [5.41, 5.74) is 3.41. The van der Waals surface area contributed by atoms with Crippen molar-refractivity contribution < 1.29 is 8.42 Å². The van der Waals surface area contributed by atoms with E-state index < -0.39 is 10.0 Å². The van der Waals surface area contributed by atoms with E-state index in [-0.39, 0.29) is 10.3 Å². The third kappa shape index (κ3) is 4.81. The highest BCUT2D eigenvalue weighted by atomic mass is 32.2. The summed E-state index contributed by atoms with van der Waals surface area (Å²) in [5, 5.41) is 0. The third-order valence-electron chi connectivity index (χ3n) is 6.94. The molecule has 2 aromatic carbocycles. The fourth-order valence-electron chi connectivity index (χ4n) is 4.91. The monoisotopic (exact) mass is 482 g/mol. The molecule has 1 fully saturated rings. The Morgan fingerprint density at radius 1 is 0.941 bits per heavy atom. The number of benzene rings is 2. The Morgan fingerprint density at radius 2 is 1.56 bits per heavy atom. The molecule has 0 atom stereocenters. The minimum atomic E-state index is -3.68. The Labute approximate surface area is 204 Å². The van der Waals surface area contributed by atoms with Crippen molar-refractivity contribution >= 4 is 32.4 Å². The van der Waals surface area contributed by atoms with Crippen molar-refractivity contribution in [1.82, 2.24) is 9.55 Å². The van der Waals surface area contributed by atoms with Gasteiger partial charge in [-0.2, -0.15) is 0 Å². The average Bonchev–Trinajstić information content (AvgIpc) is 3.17. The van der Waals surface area contributed by atoms with Gasteiger partial charge < -0.3 is 9.47 Å². The zero-order valence-electron chi connectivity index (χ0n) is 21.4. The van der Waals surface area contributed by atoms with Gasteiger partial charge >= 0.3 is 0 Å². The maximum absolute atomic E-state index is 13.3.